The summed E-state index contributed by atoms with van der Waals surface area (Å²) in [6, 6.07) is 9.35. The Morgan fingerprint density at radius 2 is 1.55 bits per heavy atom. The smallest absolute Gasteiger partial charge is 0.253 e. The van der Waals surface area contributed by atoms with E-state index in [1.165, 1.54) is 30.3 Å². The largest absolute Gasteiger partial charge is 0.341 e. The summed E-state index contributed by atoms with van der Waals surface area (Å²) in [6.45, 7) is 1.89. The fourth-order valence-corrected chi connectivity index (χ4v) is 4.26. The highest BCUT2D eigenvalue weighted by atomic mass is 19.2. The van der Waals surface area contributed by atoms with Gasteiger partial charge in [0.2, 0.25) is 5.91 Å². The molecule has 2 aromatic rings. The molecule has 1 heterocycles. The minimum absolute atomic E-state index is 0.0299. The van der Waals surface area contributed by atoms with Crippen LogP contribution in [0.3, 0.4) is 0 Å². The number of rotatable bonds is 5. The van der Waals surface area contributed by atoms with Crippen LogP contribution in [0.1, 0.15) is 47.5 Å². The first-order chi connectivity index (χ1) is 14.9. The van der Waals surface area contributed by atoms with Crippen molar-refractivity contribution in [2.75, 3.05) is 26.2 Å². The maximum absolute atomic E-state index is 13.7. The molecule has 1 saturated heterocycles. The highest BCUT2D eigenvalue weighted by molar-refractivity contribution is 5.94. The molecular formula is C24H25F3N2O2. The summed E-state index contributed by atoms with van der Waals surface area (Å²) in [4.78, 5) is 29.2. The first kappa shape index (κ1) is 21.4. The van der Waals surface area contributed by atoms with E-state index in [0.29, 0.717) is 49.6 Å². The average Bonchev–Trinajstić information content (AvgIpc) is 3.61. The SMILES string of the molecule is O=C(CC(c1ccc(F)c(F)c1)C1CC1)N1CCCN(C(=O)c2ccc(F)cc2)CC1. The van der Waals surface area contributed by atoms with E-state index in [-0.39, 0.29) is 24.2 Å². The molecule has 2 aliphatic rings. The summed E-state index contributed by atoms with van der Waals surface area (Å²) < 4.78 is 40.2. The second-order valence-electron chi connectivity index (χ2n) is 8.36. The molecule has 4 rings (SSSR count). The minimum atomic E-state index is -0.889. The Bertz CT molecular complexity index is 960. The normalized spacial score (nSPS) is 17.9. The summed E-state index contributed by atoms with van der Waals surface area (Å²) in [6.07, 6.45) is 2.87. The molecule has 1 aliphatic carbocycles. The third kappa shape index (κ3) is 5.09. The molecule has 164 valence electrons. The lowest BCUT2D eigenvalue weighted by Crippen LogP contribution is -2.37. The average molecular weight is 430 g/mol. The number of hydrogen-bond donors (Lipinski definition) is 0. The number of nitrogens with zero attached hydrogens (tertiary/aromatic N) is 2. The summed E-state index contributed by atoms with van der Waals surface area (Å²) >= 11 is 0. The second-order valence-corrected chi connectivity index (χ2v) is 8.36. The van der Waals surface area contributed by atoms with Crippen molar-refractivity contribution in [2.45, 2.75) is 31.6 Å². The van der Waals surface area contributed by atoms with Crippen LogP contribution in [0.15, 0.2) is 42.5 Å². The van der Waals surface area contributed by atoms with Gasteiger partial charge in [0.15, 0.2) is 11.6 Å². The van der Waals surface area contributed by atoms with Crippen molar-refractivity contribution in [1.82, 2.24) is 9.80 Å². The lowest BCUT2D eigenvalue weighted by atomic mass is 9.90. The first-order valence-electron chi connectivity index (χ1n) is 10.7. The van der Waals surface area contributed by atoms with Crippen LogP contribution in [0.2, 0.25) is 0 Å². The second kappa shape index (κ2) is 9.12. The Kier molecular flexibility index (Phi) is 6.30. The van der Waals surface area contributed by atoms with E-state index in [4.69, 9.17) is 0 Å². The van der Waals surface area contributed by atoms with Gasteiger partial charge in [-0.15, -0.1) is 0 Å². The van der Waals surface area contributed by atoms with Crippen molar-refractivity contribution < 1.29 is 22.8 Å². The van der Waals surface area contributed by atoms with Crippen LogP contribution in [-0.2, 0) is 4.79 Å². The molecule has 4 nitrogen and oxygen atoms in total. The molecule has 1 aliphatic heterocycles. The highest BCUT2D eigenvalue weighted by Gasteiger charge is 2.35. The number of carbonyl (C=O) groups is 2. The maximum atomic E-state index is 13.7. The standard InChI is InChI=1S/C24H25F3N2O2/c25-19-7-4-17(5-8-19)24(31)29-11-1-10-28(12-13-29)23(30)15-20(16-2-3-16)18-6-9-21(26)22(27)14-18/h4-9,14,16,20H,1-3,10-13,15H2. The molecule has 0 spiro atoms. The van der Waals surface area contributed by atoms with Crippen LogP contribution in [0.25, 0.3) is 0 Å². The van der Waals surface area contributed by atoms with Crippen LogP contribution in [0, 0.1) is 23.4 Å². The molecule has 0 aromatic heterocycles. The van der Waals surface area contributed by atoms with E-state index in [1.54, 1.807) is 15.9 Å². The van der Waals surface area contributed by atoms with Gasteiger partial charge in [0, 0.05) is 38.2 Å². The predicted molar refractivity (Wildman–Crippen MR) is 110 cm³/mol. The quantitative estimate of drug-likeness (QED) is 0.707. The van der Waals surface area contributed by atoms with Gasteiger partial charge in [-0.2, -0.15) is 0 Å². The maximum Gasteiger partial charge on any atom is 0.253 e. The van der Waals surface area contributed by atoms with Crippen LogP contribution >= 0.6 is 0 Å². The van der Waals surface area contributed by atoms with Crippen molar-refractivity contribution in [2.24, 2.45) is 5.92 Å². The monoisotopic (exact) mass is 430 g/mol. The molecular weight excluding hydrogens is 405 g/mol. The van der Waals surface area contributed by atoms with Gasteiger partial charge in [0.05, 0.1) is 0 Å². The van der Waals surface area contributed by atoms with Gasteiger partial charge in [0.25, 0.3) is 5.91 Å². The summed E-state index contributed by atoms with van der Waals surface area (Å²) in [5, 5.41) is 0. The molecule has 1 saturated carbocycles. The molecule has 1 atom stereocenters. The van der Waals surface area contributed by atoms with Gasteiger partial charge in [-0.25, -0.2) is 13.2 Å². The molecule has 2 aromatic carbocycles. The van der Waals surface area contributed by atoms with Crippen LogP contribution < -0.4 is 0 Å². The van der Waals surface area contributed by atoms with Crippen molar-refractivity contribution in [3.05, 3.63) is 71.0 Å². The minimum Gasteiger partial charge on any atom is -0.341 e. The topological polar surface area (TPSA) is 40.6 Å². The van der Waals surface area contributed by atoms with Crippen molar-refractivity contribution in [3.8, 4) is 0 Å². The lowest BCUT2D eigenvalue weighted by Gasteiger charge is -2.25. The Hall–Kier alpha value is -2.83. The molecule has 7 heteroatoms. The summed E-state index contributed by atoms with van der Waals surface area (Å²) in [7, 11) is 0. The van der Waals surface area contributed by atoms with E-state index in [0.717, 1.165) is 18.9 Å². The van der Waals surface area contributed by atoms with Crippen molar-refractivity contribution in [1.29, 1.82) is 0 Å². The third-order valence-electron chi connectivity index (χ3n) is 6.18. The van der Waals surface area contributed by atoms with E-state index in [9.17, 15) is 22.8 Å². The Balaban J connectivity index is 1.39. The zero-order valence-corrected chi connectivity index (χ0v) is 17.2. The molecule has 1 unspecified atom stereocenters. The zero-order valence-electron chi connectivity index (χ0n) is 17.2. The Morgan fingerprint density at radius 1 is 0.871 bits per heavy atom. The molecule has 0 bridgehead atoms. The van der Waals surface area contributed by atoms with Crippen molar-refractivity contribution in [3.63, 3.8) is 0 Å². The van der Waals surface area contributed by atoms with E-state index < -0.39 is 17.5 Å². The number of amides is 2. The number of hydrogen-bond acceptors (Lipinski definition) is 2. The van der Waals surface area contributed by atoms with Crippen LogP contribution in [0.5, 0.6) is 0 Å². The fraction of sp³-hybridized carbons (Fsp3) is 0.417. The fourth-order valence-electron chi connectivity index (χ4n) is 4.26. The summed E-state index contributed by atoms with van der Waals surface area (Å²) in [5.74, 6) is -2.18. The zero-order chi connectivity index (χ0) is 22.0. The van der Waals surface area contributed by atoms with Gasteiger partial charge in [-0.1, -0.05) is 6.07 Å². The van der Waals surface area contributed by atoms with Crippen LogP contribution in [-0.4, -0.2) is 47.8 Å². The van der Waals surface area contributed by atoms with Gasteiger partial charge < -0.3 is 9.80 Å². The van der Waals surface area contributed by atoms with Gasteiger partial charge >= 0.3 is 0 Å². The first-order valence-corrected chi connectivity index (χ1v) is 10.7. The molecule has 0 radical (unpaired) electrons. The summed E-state index contributed by atoms with van der Waals surface area (Å²) in [5.41, 5.74) is 1.09. The van der Waals surface area contributed by atoms with Gasteiger partial charge in [0.1, 0.15) is 5.82 Å². The molecule has 0 N–H and O–H groups in total. The van der Waals surface area contributed by atoms with E-state index >= 15 is 0 Å². The number of halogens is 3. The van der Waals surface area contributed by atoms with Gasteiger partial charge in [-0.3, -0.25) is 9.59 Å². The van der Waals surface area contributed by atoms with E-state index in [2.05, 4.69) is 0 Å². The number of carbonyl (C=O) groups excluding carboxylic acids is 2. The molecule has 2 amide bonds. The Labute approximate surface area is 179 Å². The predicted octanol–water partition coefficient (Wildman–Crippen LogP) is 4.36. The van der Waals surface area contributed by atoms with E-state index in [1.807, 2.05) is 0 Å². The highest BCUT2D eigenvalue weighted by Crippen LogP contribution is 2.45. The van der Waals surface area contributed by atoms with Crippen LogP contribution in [0.4, 0.5) is 13.2 Å². The van der Waals surface area contributed by atoms with Gasteiger partial charge in [-0.05, 0) is 73.1 Å². The molecule has 31 heavy (non-hydrogen) atoms. The lowest BCUT2D eigenvalue weighted by molar-refractivity contribution is -0.131. The Morgan fingerprint density at radius 3 is 2.23 bits per heavy atom. The van der Waals surface area contributed by atoms with Crippen molar-refractivity contribution >= 4 is 11.8 Å². The third-order valence-corrected chi connectivity index (χ3v) is 6.18. The molecule has 2 fully saturated rings. The number of benzene rings is 2.